The molecule has 5 amide bonds. The second kappa shape index (κ2) is 25.9. The molecular formula is C49H59N7O17S. The number of fused-ring (bicyclic) bond motifs is 2. The molecule has 2 aromatic carbocycles. The van der Waals surface area contributed by atoms with Crippen LogP contribution < -0.4 is 42.6 Å². The van der Waals surface area contributed by atoms with Gasteiger partial charge in [0, 0.05) is 78.6 Å². The predicted molar refractivity (Wildman–Crippen MR) is 270 cm³/mol. The summed E-state index contributed by atoms with van der Waals surface area (Å²) in [4.78, 5) is 121. The second-order valence-electron chi connectivity index (χ2n) is 18.8. The molecular weight excluding hydrogens is 991 g/mol. The average molecular weight is 1050 g/mol. The van der Waals surface area contributed by atoms with E-state index in [0.29, 0.717) is 40.6 Å². The molecule has 398 valence electrons. The maximum atomic E-state index is 13.1. The molecule has 2 aromatic rings. The highest BCUT2D eigenvalue weighted by molar-refractivity contribution is 7.80. The van der Waals surface area contributed by atoms with Crippen LogP contribution in [0.1, 0.15) is 95.8 Å². The van der Waals surface area contributed by atoms with E-state index in [9.17, 15) is 73.5 Å². The van der Waals surface area contributed by atoms with Gasteiger partial charge in [0.15, 0.2) is 10.5 Å². The third-order valence-corrected chi connectivity index (χ3v) is 11.8. The Hall–Kier alpha value is -8.35. The van der Waals surface area contributed by atoms with Crippen LogP contribution in [-0.4, -0.2) is 126 Å². The fourth-order valence-electron chi connectivity index (χ4n) is 7.65. The number of phenolic OH excluding ortho intramolecular Hbond substituents is 1. The Morgan fingerprint density at radius 1 is 0.649 bits per heavy atom. The molecule has 1 unspecified atom stereocenters. The number of rotatable bonds is 27. The topological polar surface area (TPSA) is 389 Å². The van der Waals surface area contributed by atoms with Gasteiger partial charge in [-0.05, 0) is 106 Å². The van der Waals surface area contributed by atoms with Crippen molar-refractivity contribution in [3.63, 3.8) is 0 Å². The lowest BCUT2D eigenvalue weighted by molar-refractivity contribution is -0.143. The van der Waals surface area contributed by atoms with Crippen molar-refractivity contribution in [1.82, 2.24) is 31.9 Å². The van der Waals surface area contributed by atoms with E-state index < -0.39 is 108 Å². The Kier molecular flexibility index (Phi) is 20.3. The first-order chi connectivity index (χ1) is 34.6. The number of hydrogen-bond acceptors (Lipinski definition) is 13. The number of aromatic carboxylic acids is 1. The highest BCUT2D eigenvalue weighted by Gasteiger charge is 2.31. The van der Waals surface area contributed by atoms with Crippen LogP contribution in [0.25, 0.3) is 33.4 Å². The zero-order valence-corrected chi connectivity index (χ0v) is 41.6. The minimum atomic E-state index is -1.61. The molecule has 0 aromatic heterocycles. The van der Waals surface area contributed by atoms with E-state index in [-0.39, 0.29) is 65.5 Å². The van der Waals surface area contributed by atoms with Gasteiger partial charge in [-0.25, -0.2) is 24.0 Å². The minimum Gasteiger partial charge on any atom is -0.508 e. The summed E-state index contributed by atoms with van der Waals surface area (Å²) >= 11 is 5.61. The number of anilines is 1. The van der Waals surface area contributed by atoms with Gasteiger partial charge < -0.3 is 72.3 Å². The number of aliphatic carboxylic acids is 4. The number of hydrogen-bond donors (Lipinski definition) is 13. The number of carbonyl (C=O) groups excluding carboxylic acids is 4. The summed E-state index contributed by atoms with van der Waals surface area (Å²) < 4.78 is 5.90. The van der Waals surface area contributed by atoms with E-state index in [0.717, 1.165) is 0 Å². The smallest absolute Gasteiger partial charge is 0.336 e. The van der Waals surface area contributed by atoms with Gasteiger partial charge >= 0.3 is 35.9 Å². The predicted octanol–water partition coefficient (Wildman–Crippen LogP) is 3.66. The maximum absolute atomic E-state index is 13.1. The van der Waals surface area contributed by atoms with Crippen molar-refractivity contribution >= 4 is 87.6 Å². The third-order valence-electron chi connectivity index (χ3n) is 11.5. The molecule has 0 saturated carbocycles. The summed E-state index contributed by atoms with van der Waals surface area (Å²) in [6.07, 6.45) is -1.51. The summed E-state index contributed by atoms with van der Waals surface area (Å²) in [5, 5.41) is 76.0. The Morgan fingerprint density at radius 3 is 1.76 bits per heavy atom. The largest absolute Gasteiger partial charge is 0.508 e. The number of phenols is 1. The van der Waals surface area contributed by atoms with Gasteiger partial charge in [0.25, 0.3) is 0 Å². The number of thiocarbonyl (C=S) groups is 1. The minimum absolute atomic E-state index is 0.0681. The molecule has 1 aliphatic carbocycles. The van der Waals surface area contributed by atoms with Crippen molar-refractivity contribution in [3.05, 3.63) is 70.4 Å². The quantitative estimate of drug-likeness (QED) is 0.0230. The van der Waals surface area contributed by atoms with Crippen LogP contribution in [0, 0.1) is 5.41 Å². The molecule has 2 aliphatic rings. The molecule has 1 heterocycles. The maximum Gasteiger partial charge on any atom is 0.336 e. The van der Waals surface area contributed by atoms with Gasteiger partial charge in [0.1, 0.15) is 35.2 Å². The van der Waals surface area contributed by atoms with E-state index in [4.69, 9.17) is 21.7 Å². The van der Waals surface area contributed by atoms with Crippen LogP contribution in [0.3, 0.4) is 0 Å². The van der Waals surface area contributed by atoms with Gasteiger partial charge in [-0.15, -0.1) is 0 Å². The summed E-state index contributed by atoms with van der Waals surface area (Å²) in [5.74, 6) is -8.64. The fourth-order valence-corrected chi connectivity index (χ4v) is 8.04. The van der Waals surface area contributed by atoms with Crippen LogP contribution in [0.5, 0.6) is 5.75 Å². The molecule has 0 bridgehead atoms. The molecule has 74 heavy (non-hydrogen) atoms. The number of carboxylic acids is 5. The number of carboxylic acid groups (broad SMARTS) is 5. The third kappa shape index (κ3) is 18.0. The molecule has 0 saturated heterocycles. The molecule has 0 spiro atoms. The molecule has 24 nitrogen and oxygen atoms in total. The van der Waals surface area contributed by atoms with Gasteiger partial charge in [0.2, 0.25) is 17.7 Å². The number of nitrogens with one attached hydrogen (secondary N) is 7. The van der Waals surface area contributed by atoms with Gasteiger partial charge in [-0.1, -0.05) is 19.9 Å². The number of carbonyl (C=O) groups is 9. The van der Waals surface area contributed by atoms with Crippen molar-refractivity contribution in [3.8, 4) is 28.2 Å². The SMILES string of the molecule is CC(C)(CCC(C)(C)NC(=S)Nc1ccc(-c2c3ccc(=O)cc-3oc3cc(O)ccc23)c(C(=O)O)c1)CC(=O)N[C@@H](CCC(=O)NCCNC(=O)CC[C@H](NC(=O)NC(CCC(=O)O)C(=O)O)C(=O)O)C(=O)O. The monoisotopic (exact) mass is 1050 g/mol. The lowest BCUT2D eigenvalue weighted by atomic mass is 9.80. The van der Waals surface area contributed by atoms with Crippen LogP contribution in [-0.2, 0) is 33.6 Å². The normalized spacial score (nSPS) is 12.6. The van der Waals surface area contributed by atoms with E-state index in [1.54, 1.807) is 24.3 Å². The lowest BCUT2D eigenvalue weighted by Crippen LogP contribution is -2.51. The first-order valence-corrected chi connectivity index (χ1v) is 23.5. The van der Waals surface area contributed by atoms with E-state index in [1.165, 1.54) is 30.3 Å². The Balaban J connectivity index is 1.21. The molecule has 3 atom stereocenters. The number of aromatic hydroxyl groups is 1. The molecule has 13 N–H and O–H groups in total. The summed E-state index contributed by atoms with van der Waals surface area (Å²) in [7, 11) is 0. The van der Waals surface area contributed by atoms with Crippen LogP contribution >= 0.6 is 12.2 Å². The number of benzene rings is 3. The molecule has 4 rings (SSSR count). The first kappa shape index (κ1) is 58.2. The average Bonchev–Trinajstić information content (AvgIpc) is 3.29. The highest BCUT2D eigenvalue weighted by atomic mass is 32.1. The van der Waals surface area contributed by atoms with Crippen LogP contribution in [0.4, 0.5) is 10.5 Å². The summed E-state index contributed by atoms with van der Waals surface area (Å²) in [5.41, 5.74) is 0.189. The standard InChI is InChI=1S/C49H59N7O17S/c1-48(2,24-39(61)53-32(43(66)67)11-14-37(59)50-19-20-51-38(60)15-12-33(44(68)69)54-46(72)55-34(45(70)71)13-16-40(62)63)17-18-49(3,4)56-47(74)52-25-5-8-28(31(21-25)42(64)65)41-29-9-6-26(57)22-35(29)73-36-23-27(58)7-10-30(36)41/h5-10,21-23,32-34,57H,11-20,24H2,1-4H3,(H,50,59)(H,51,60)(H,53,61)(H,62,63)(H,64,65)(H,66,67)(H,68,69)(H,70,71)(H2,52,56,74)(H2,54,55,72)/t32-,33-,34?/m0/s1. The van der Waals surface area contributed by atoms with Crippen LogP contribution in [0.2, 0.25) is 0 Å². The highest BCUT2D eigenvalue weighted by Crippen LogP contribution is 2.42. The Morgan fingerprint density at radius 2 is 1.20 bits per heavy atom. The van der Waals surface area contributed by atoms with Crippen LogP contribution in [0.15, 0.2) is 63.8 Å². The zero-order chi connectivity index (χ0) is 55.1. The summed E-state index contributed by atoms with van der Waals surface area (Å²) in [6, 6.07) is 7.46. The van der Waals surface area contributed by atoms with E-state index >= 15 is 0 Å². The van der Waals surface area contributed by atoms with Crippen molar-refractivity contribution in [2.45, 2.75) is 109 Å². The zero-order valence-electron chi connectivity index (χ0n) is 40.8. The van der Waals surface area contributed by atoms with Crippen molar-refractivity contribution in [2.24, 2.45) is 5.41 Å². The van der Waals surface area contributed by atoms with E-state index in [1.807, 2.05) is 38.3 Å². The Bertz CT molecular complexity index is 2830. The molecule has 1 aliphatic heterocycles. The first-order valence-electron chi connectivity index (χ1n) is 23.1. The van der Waals surface area contributed by atoms with Crippen molar-refractivity contribution in [1.29, 1.82) is 0 Å². The lowest BCUT2D eigenvalue weighted by Gasteiger charge is -2.33. The summed E-state index contributed by atoms with van der Waals surface area (Å²) in [6.45, 7) is 7.23. The van der Waals surface area contributed by atoms with Crippen molar-refractivity contribution < 1.29 is 78.2 Å². The van der Waals surface area contributed by atoms with Crippen molar-refractivity contribution in [2.75, 3.05) is 18.4 Å². The molecule has 0 fully saturated rings. The van der Waals surface area contributed by atoms with Gasteiger partial charge in [0.05, 0.1) is 5.56 Å². The van der Waals surface area contributed by atoms with E-state index in [2.05, 4.69) is 26.6 Å². The number of amides is 5. The van der Waals surface area contributed by atoms with Gasteiger partial charge in [-0.2, -0.15) is 0 Å². The molecule has 25 heteroatoms. The number of urea groups is 1. The molecule has 0 radical (unpaired) electrons. The van der Waals surface area contributed by atoms with Gasteiger partial charge in [-0.3, -0.25) is 24.0 Å². The second-order valence-corrected chi connectivity index (χ2v) is 19.2. The fraction of sp³-hybridized carbons (Fsp3) is 0.408. The Labute approximate surface area is 428 Å².